The molecule has 0 aliphatic carbocycles. The molecule has 0 radical (unpaired) electrons. The van der Waals surface area contributed by atoms with Gasteiger partial charge in [-0.1, -0.05) is 36.9 Å². The van der Waals surface area contributed by atoms with Crippen LogP contribution in [0.15, 0.2) is 43.0 Å². The van der Waals surface area contributed by atoms with Crippen LogP contribution in [0.25, 0.3) is 0 Å². The molecule has 0 aromatic heterocycles. The van der Waals surface area contributed by atoms with Crippen LogP contribution in [-0.2, 0) is 25.5 Å². The Balaban J connectivity index is 2.92. The van der Waals surface area contributed by atoms with Crippen LogP contribution in [0.4, 0.5) is 0 Å². The smallest absolute Gasteiger partial charge is 0.361 e. The standard InChI is InChI=1S/C19H28NO4/c1-4-13-20(15-18(21)23-5-2,16-19(22)24-6-3)14-12-17-10-8-7-9-11-17/h4,7-11H,1,5-6,12-16H2,2-3H3/q+1. The maximum absolute atomic E-state index is 12.1. The van der Waals surface area contributed by atoms with E-state index >= 15 is 0 Å². The molecule has 0 atom stereocenters. The van der Waals surface area contributed by atoms with Crippen molar-refractivity contribution in [1.82, 2.24) is 0 Å². The average molecular weight is 334 g/mol. The summed E-state index contributed by atoms with van der Waals surface area (Å²) in [4.78, 5) is 24.1. The van der Waals surface area contributed by atoms with E-state index < -0.39 is 0 Å². The van der Waals surface area contributed by atoms with Crippen molar-refractivity contribution < 1.29 is 23.5 Å². The van der Waals surface area contributed by atoms with E-state index in [1.165, 1.54) is 0 Å². The Morgan fingerprint density at radius 2 is 1.58 bits per heavy atom. The minimum absolute atomic E-state index is 0.130. The van der Waals surface area contributed by atoms with Crippen LogP contribution in [0.3, 0.4) is 0 Å². The molecular weight excluding hydrogens is 306 g/mol. The van der Waals surface area contributed by atoms with E-state index in [2.05, 4.69) is 6.58 Å². The van der Waals surface area contributed by atoms with Crippen molar-refractivity contribution in [2.24, 2.45) is 0 Å². The highest BCUT2D eigenvalue weighted by Gasteiger charge is 2.33. The number of hydrogen-bond donors (Lipinski definition) is 0. The fourth-order valence-corrected chi connectivity index (χ4v) is 2.68. The summed E-state index contributed by atoms with van der Waals surface area (Å²) in [6.45, 7) is 9.38. The molecule has 0 spiro atoms. The van der Waals surface area contributed by atoms with Gasteiger partial charge in [0.2, 0.25) is 0 Å². The van der Waals surface area contributed by atoms with Gasteiger partial charge in [-0.05, 0) is 25.5 Å². The zero-order valence-electron chi connectivity index (χ0n) is 14.7. The average Bonchev–Trinajstić information content (AvgIpc) is 2.54. The van der Waals surface area contributed by atoms with Gasteiger partial charge in [0.05, 0.1) is 26.3 Å². The van der Waals surface area contributed by atoms with Gasteiger partial charge in [0.15, 0.2) is 13.1 Å². The van der Waals surface area contributed by atoms with Crippen molar-refractivity contribution in [3.05, 3.63) is 48.6 Å². The van der Waals surface area contributed by atoms with Crippen LogP contribution in [0, 0.1) is 0 Å². The first-order chi connectivity index (χ1) is 11.5. The maximum atomic E-state index is 12.1. The molecule has 1 rings (SSSR count). The molecule has 0 N–H and O–H groups in total. The number of esters is 2. The molecule has 0 aliphatic heterocycles. The number of benzene rings is 1. The summed E-state index contributed by atoms with van der Waals surface area (Å²) in [5.74, 6) is -0.617. The summed E-state index contributed by atoms with van der Waals surface area (Å²) < 4.78 is 10.5. The van der Waals surface area contributed by atoms with Crippen molar-refractivity contribution in [3.63, 3.8) is 0 Å². The second kappa shape index (κ2) is 10.6. The van der Waals surface area contributed by atoms with Crippen molar-refractivity contribution in [2.45, 2.75) is 20.3 Å². The van der Waals surface area contributed by atoms with Gasteiger partial charge in [-0.3, -0.25) is 0 Å². The molecule has 0 saturated carbocycles. The second-order valence-electron chi connectivity index (χ2n) is 5.70. The van der Waals surface area contributed by atoms with Crippen LogP contribution >= 0.6 is 0 Å². The molecule has 0 fully saturated rings. The van der Waals surface area contributed by atoms with Crippen LogP contribution in [-0.4, -0.2) is 55.8 Å². The highest BCUT2D eigenvalue weighted by molar-refractivity contribution is 5.73. The lowest BCUT2D eigenvalue weighted by atomic mass is 10.1. The summed E-state index contributed by atoms with van der Waals surface area (Å²) >= 11 is 0. The van der Waals surface area contributed by atoms with E-state index in [1.807, 2.05) is 30.3 Å². The zero-order chi connectivity index (χ0) is 17.8. The summed E-state index contributed by atoms with van der Waals surface area (Å²) in [5, 5.41) is 0. The summed E-state index contributed by atoms with van der Waals surface area (Å²) in [6, 6.07) is 10.0. The number of rotatable bonds is 11. The molecule has 132 valence electrons. The first-order valence-corrected chi connectivity index (χ1v) is 8.36. The van der Waals surface area contributed by atoms with E-state index in [0.29, 0.717) is 26.3 Å². The van der Waals surface area contributed by atoms with Crippen molar-refractivity contribution >= 4 is 11.9 Å². The molecule has 1 aromatic rings. The summed E-state index contributed by atoms with van der Waals surface area (Å²) in [6.07, 6.45) is 2.50. The van der Waals surface area contributed by atoms with Gasteiger partial charge in [-0.15, -0.1) is 0 Å². The zero-order valence-corrected chi connectivity index (χ0v) is 14.7. The predicted octanol–water partition coefficient (Wildman–Crippen LogP) is 2.36. The molecule has 0 saturated heterocycles. The lowest BCUT2D eigenvalue weighted by Gasteiger charge is -2.36. The van der Waals surface area contributed by atoms with Gasteiger partial charge in [0, 0.05) is 6.42 Å². The number of ether oxygens (including phenoxy) is 2. The first-order valence-electron chi connectivity index (χ1n) is 8.36. The van der Waals surface area contributed by atoms with Crippen molar-refractivity contribution in [3.8, 4) is 0 Å². The first kappa shape index (κ1) is 19.9. The molecule has 0 aliphatic rings. The van der Waals surface area contributed by atoms with Gasteiger partial charge in [0.1, 0.15) is 0 Å². The predicted molar refractivity (Wildman–Crippen MR) is 93.3 cm³/mol. The number of hydrogen-bond acceptors (Lipinski definition) is 4. The van der Waals surface area contributed by atoms with Crippen molar-refractivity contribution in [1.29, 1.82) is 0 Å². The lowest BCUT2D eigenvalue weighted by Crippen LogP contribution is -2.55. The van der Waals surface area contributed by atoms with Crippen LogP contribution in [0.1, 0.15) is 19.4 Å². The molecule has 5 nitrogen and oxygen atoms in total. The molecule has 0 heterocycles. The van der Waals surface area contributed by atoms with Crippen LogP contribution in [0.2, 0.25) is 0 Å². The quantitative estimate of drug-likeness (QED) is 0.354. The van der Waals surface area contributed by atoms with Gasteiger partial charge in [-0.2, -0.15) is 0 Å². The third-order valence-electron chi connectivity index (χ3n) is 3.77. The van der Waals surface area contributed by atoms with E-state index in [0.717, 1.165) is 12.0 Å². The Bertz CT molecular complexity index is 507. The lowest BCUT2D eigenvalue weighted by molar-refractivity contribution is -0.908. The Kier molecular flexibility index (Phi) is 8.79. The van der Waals surface area contributed by atoms with E-state index in [4.69, 9.17) is 9.47 Å². The number of quaternary nitrogens is 1. The summed E-state index contributed by atoms with van der Waals surface area (Å²) in [5.41, 5.74) is 1.16. The minimum atomic E-state index is -0.309. The minimum Gasteiger partial charge on any atom is -0.462 e. The third-order valence-corrected chi connectivity index (χ3v) is 3.77. The van der Waals surface area contributed by atoms with Crippen molar-refractivity contribution in [2.75, 3.05) is 39.4 Å². The van der Waals surface area contributed by atoms with E-state index in [9.17, 15) is 9.59 Å². The molecule has 5 heteroatoms. The molecule has 1 aromatic carbocycles. The maximum Gasteiger partial charge on any atom is 0.361 e. The van der Waals surface area contributed by atoms with Gasteiger partial charge in [-0.25, -0.2) is 9.59 Å². The number of carbonyl (C=O) groups excluding carboxylic acids is 2. The normalized spacial score (nSPS) is 10.9. The monoisotopic (exact) mass is 334 g/mol. The third kappa shape index (κ3) is 6.96. The highest BCUT2D eigenvalue weighted by Crippen LogP contribution is 2.12. The number of nitrogens with zero attached hydrogens (tertiary/aromatic N) is 1. The molecule has 0 bridgehead atoms. The summed E-state index contributed by atoms with van der Waals surface area (Å²) in [7, 11) is 0. The molecule has 24 heavy (non-hydrogen) atoms. The van der Waals surface area contributed by atoms with E-state index in [1.54, 1.807) is 19.9 Å². The number of carbonyl (C=O) groups is 2. The van der Waals surface area contributed by atoms with E-state index in [-0.39, 0.29) is 29.5 Å². The topological polar surface area (TPSA) is 52.6 Å². The van der Waals surface area contributed by atoms with Crippen LogP contribution in [0.5, 0.6) is 0 Å². The van der Waals surface area contributed by atoms with Gasteiger partial charge >= 0.3 is 11.9 Å². The Morgan fingerprint density at radius 1 is 1.04 bits per heavy atom. The SMILES string of the molecule is C=CC[N+](CCc1ccccc1)(CC(=O)OCC)CC(=O)OCC. The van der Waals surface area contributed by atoms with Gasteiger partial charge < -0.3 is 14.0 Å². The largest absolute Gasteiger partial charge is 0.462 e. The Labute approximate surface area is 144 Å². The fourth-order valence-electron chi connectivity index (χ4n) is 2.68. The highest BCUT2D eigenvalue weighted by atomic mass is 16.5. The second-order valence-corrected chi connectivity index (χ2v) is 5.70. The Hall–Kier alpha value is -2.14. The van der Waals surface area contributed by atoms with Crippen LogP contribution < -0.4 is 0 Å². The molecule has 0 amide bonds. The van der Waals surface area contributed by atoms with Gasteiger partial charge in [0.25, 0.3) is 0 Å². The molecular formula is C19H28NO4+. The Morgan fingerprint density at radius 3 is 2.04 bits per heavy atom. The fraction of sp³-hybridized carbons (Fsp3) is 0.474. The molecule has 0 unspecified atom stereocenters.